The molecule has 1 heteroatoms. The first-order valence-electron chi connectivity index (χ1n) is 6.13. The van der Waals surface area contributed by atoms with Gasteiger partial charge in [0.2, 0.25) is 0 Å². The van der Waals surface area contributed by atoms with Gasteiger partial charge in [0.15, 0.2) is 0 Å². The zero-order valence-corrected chi connectivity index (χ0v) is 9.26. The summed E-state index contributed by atoms with van der Waals surface area (Å²) in [7, 11) is 0. The van der Waals surface area contributed by atoms with Gasteiger partial charge in [-0.25, -0.2) is 0 Å². The minimum atomic E-state index is -0.419. The number of hydrogen-bond donors (Lipinski definition) is 1. The Kier molecular flexibility index (Phi) is 2.96. The van der Waals surface area contributed by atoms with Crippen molar-refractivity contribution in [1.82, 2.24) is 0 Å². The van der Waals surface area contributed by atoms with Crippen molar-refractivity contribution in [2.45, 2.75) is 63.9 Å². The van der Waals surface area contributed by atoms with Gasteiger partial charge < -0.3 is 5.11 Å². The summed E-state index contributed by atoms with van der Waals surface area (Å²) in [4.78, 5) is 0. The van der Waals surface area contributed by atoms with Gasteiger partial charge in [-0.3, -0.25) is 0 Å². The molecule has 0 spiro atoms. The Bertz CT molecular complexity index is 231. The smallest absolute Gasteiger partial charge is 0.0859 e. The fraction of sp³-hybridized carbons (Fsp3) is 0.846. The molecule has 2 rings (SSSR count). The van der Waals surface area contributed by atoms with Gasteiger partial charge in [0.25, 0.3) is 0 Å². The molecule has 14 heavy (non-hydrogen) atoms. The topological polar surface area (TPSA) is 20.2 Å². The average Bonchev–Trinajstić information content (AvgIpc) is 2.19. The van der Waals surface area contributed by atoms with Crippen LogP contribution in [0.2, 0.25) is 0 Å². The molecular weight excluding hydrogens is 172 g/mol. The summed E-state index contributed by atoms with van der Waals surface area (Å²) in [6.07, 6.45) is 11.7. The molecule has 2 atom stereocenters. The Morgan fingerprint density at radius 3 is 2.86 bits per heavy atom. The molecule has 0 aromatic carbocycles. The molecule has 2 unspecified atom stereocenters. The second-order valence-corrected chi connectivity index (χ2v) is 5.21. The molecule has 0 aromatic heterocycles. The quantitative estimate of drug-likeness (QED) is 0.634. The lowest BCUT2D eigenvalue weighted by Crippen LogP contribution is -2.37. The first kappa shape index (κ1) is 10.2. The average molecular weight is 194 g/mol. The monoisotopic (exact) mass is 194 g/mol. The lowest BCUT2D eigenvalue weighted by molar-refractivity contribution is 0.0167. The van der Waals surface area contributed by atoms with Crippen molar-refractivity contribution in [2.24, 2.45) is 5.92 Å². The molecule has 80 valence electrons. The fourth-order valence-corrected chi connectivity index (χ4v) is 3.08. The van der Waals surface area contributed by atoms with Gasteiger partial charge in [-0.1, -0.05) is 19.4 Å². The lowest BCUT2D eigenvalue weighted by atomic mass is 9.72. The molecule has 1 fully saturated rings. The number of allylic oxidation sites excluding steroid dienone is 1. The van der Waals surface area contributed by atoms with Crippen molar-refractivity contribution in [3.63, 3.8) is 0 Å². The minimum absolute atomic E-state index is 0.419. The van der Waals surface area contributed by atoms with Crippen molar-refractivity contribution >= 4 is 0 Å². The van der Waals surface area contributed by atoms with Crippen molar-refractivity contribution in [3.8, 4) is 0 Å². The molecule has 0 radical (unpaired) electrons. The molecule has 1 nitrogen and oxygen atoms in total. The summed E-state index contributed by atoms with van der Waals surface area (Å²) in [5.74, 6) is 0.705. The first-order valence-corrected chi connectivity index (χ1v) is 6.13. The van der Waals surface area contributed by atoms with E-state index in [1.54, 1.807) is 0 Å². The van der Waals surface area contributed by atoms with E-state index in [1.807, 2.05) is 0 Å². The maximum atomic E-state index is 10.6. The van der Waals surface area contributed by atoms with Gasteiger partial charge in [-0.2, -0.15) is 0 Å². The summed E-state index contributed by atoms with van der Waals surface area (Å²) in [6, 6.07) is 0. The van der Waals surface area contributed by atoms with E-state index in [-0.39, 0.29) is 0 Å². The minimum Gasteiger partial charge on any atom is -0.386 e. The van der Waals surface area contributed by atoms with E-state index in [4.69, 9.17) is 0 Å². The predicted octanol–water partition coefficient (Wildman–Crippen LogP) is 3.43. The summed E-state index contributed by atoms with van der Waals surface area (Å²) in [5.41, 5.74) is 0.938. The molecule has 0 amide bonds. The molecule has 0 aliphatic heterocycles. The third-order valence-corrected chi connectivity index (χ3v) is 3.86. The third-order valence-electron chi connectivity index (χ3n) is 3.86. The van der Waals surface area contributed by atoms with Gasteiger partial charge in [0.05, 0.1) is 5.60 Å². The Morgan fingerprint density at radius 1 is 1.36 bits per heavy atom. The molecule has 0 heterocycles. The maximum Gasteiger partial charge on any atom is 0.0859 e. The van der Waals surface area contributed by atoms with Crippen LogP contribution in [0.25, 0.3) is 0 Å². The van der Waals surface area contributed by atoms with Crippen molar-refractivity contribution in [2.75, 3.05) is 0 Å². The predicted molar refractivity (Wildman–Crippen MR) is 59.1 cm³/mol. The number of rotatable bonds is 1. The van der Waals surface area contributed by atoms with Gasteiger partial charge >= 0.3 is 0 Å². The van der Waals surface area contributed by atoms with E-state index < -0.39 is 5.60 Å². The van der Waals surface area contributed by atoms with Crippen molar-refractivity contribution in [3.05, 3.63) is 11.6 Å². The molecule has 2 aliphatic carbocycles. The van der Waals surface area contributed by atoms with E-state index in [2.05, 4.69) is 13.0 Å². The zero-order valence-electron chi connectivity index (χ0n) is 9.26. The van der Waals surface area contributed by atoms with Gasteiger partial charge in [0, 0.05) is 0 Å². The standard InChI is InChI=1S/C13H22O/c1-11-6-5-9-13(14,10-11)12-7-3-2-4-8-12/h7,11,14H,2-6,8-10H2,1H3. The Balaban J connectivity index is 2.09. The van der Waals surface area contributed by atoms with Gasteiger partial charge in [0.1, 0.15) is 0 Å². The second kappa shape index (κ2) is 4.06. The highest BCUT2D eigenvalue weighted by atomic mass is 16.3. The van der Waals surface area contributed by atoms with E-state index >= 15 is 0 Å². The van der Waals surface area contributed by atoms with Gasteiger partial charge in [-0.05, 0) is 56.4 Å². The Hall–Kier alpha value is -0.300. The van der Waals surface area contributed by atoms with Crippen LogP contribution < -0.4 is 0 Å². The normalized spacial score (nSPS) is 39.3. The number of aliphatic hydroxyl groups is 1. The summed E-state index contributed by atoms with van der Waals surface area (Å²) < 4.78 is 0. The molecule has 1 N–H and O–H groups in total. The largest absolute Gasteiger partial charge is 0.386 e. The molecule has 0 bridgehead atoms. The Labute approximate surface area is 87.2 Å². The van der Waals surface area contributed by atoms with E-state index in [1.165, 1.54) is 37.7 Å². The zero-order chi connectivity index (χ0) is 10.0. The first-order chi connectivity index (χ1) is 6.71. The third kappa shape index (κ3) is 2.03. The van der Waals surface area contributed by atoms with Gasteiger partial charge in [-0.15, -0.1) is 0 Å². The molecular formula is C13H22O. The van der Waals surface area contributed by atoms with Crippen LogP contribution in [0, 0.1) is 5.92 Å². The summed E-state index contributed by atoms with van der Waals surface area (Å²) >= 11 is 0. The molecule has 0 aromatic rings. The van der Waals surface area contributed by atoms with Crippen LogP contribution in [0.1, 0.15) is 58.3 Å². The van der Waals surface area contributed by atoms with Crippen LogP contribution >= 0.6 is 0 Å². The molecule has 0 saturated heterocycles. The number of hydrogen-bond acceptors (Lipinski definition) is 1. The van der Waals surface area contributed by atoms with Crippen LogP contribution in [0.3, 0.4) is 0 Å². The highest BCUT2D eigenvalue weighted by molar-refractivity contribution is 5.19. The van der Waals surface area contributed by atoms with Crippen LogP contribution in [0.4, 0.5) is 0 Å². The highest BCUT2D eigenvalue weighted by Gasteiger charge is 2.35. The highest BCUT2D eigenvalue weighted by Crippen LogP contribution is 2.40. The van der Waals surface area contributed by atoms with Crippen LogP contribution in [0.5, 0.6) is 0 Å². The Morgan fingerprint density at radius 2 is 2.21 bits per heavy atom. The van der Waals surface area contributed by atoms with Crippen molar-refractivity contribution in [1.29, 1.82) is 0 Å². The van der Waals surface area contributed by atoms with Crippen LogP contribution in [-0.4, -0.2) is 10.7 Å². The molecule has 2 aliphatic rings. The van der Waals surface area contributed by atoms with E-state index in [9.17, 15) is 5.11 Å². The SMILES string of the molecule is CC1CCCC(O)(C2=CCCCC2)C1. The maximum absolute atomic E-state index is 10.6. The van der Waals surface area contributed by atoms with E-state index in [0.717, 1.165) is 19.3 Å². The van der Waals surface area contributed by atoms with Crippen molar-refractivity contribution < 1.29 is 5.11 Å². The fourth-order valence-electron chi connectivity index (χ4n) is 3.08. The van der Waals surface area contributed by atoms with E-state index in [0.29, 0.717) is 5.92 Å². The second-order valence-electron chi connectivity index (χ2n) is 5.21. The lowest BCUT2D eigenvalue weighted by Gasteiger charge is -2.38. The van der Waals surface area contributed by atoms with Crippen LogP contribution in [-0.2, 0) is 0 Å². The van der Waals surface area contributed by atoms with Crippen LogP contribution in [0.15, 0.2) is 11.6 Å². The summed E-state index contributed by atoms with van der Waals surface area (Å²) in [5, 5.41) is 10.6. The molecule has 1 saturated carbocycles. The summed E-state index contributed by atoms with van der Waals surface area (Å²) in [6.45, 7) is 2.27.